The summed E-state index contributed by atoms with van der Waals surface area (Å²) in [6.07, 6.45) is 4.16. The first-order chi connectivity index (χ1) is 5.20. The first kappa shape index (κ1) is 10.2. The second-order valence-corrected chi connectivity index (χ2v) is 2.64. The topological polar surface area (TPSA) is 26.3 Å². The molecule has 11 heavy (non-hydrogen) atoms. The van der Waals surface area contributed by atoms with Crippen LogP contribution >= 0.6 is 0 Å². The van der Waals surface area contributed by atoms with Crippen LogP contribution in [0.4, 0.5) is 0 Å². The van der Waals surface area contributed by atoms with Crippen molar-refractivity contribution < 1.29 is 9.53 Å². The Balaban J connectivity index is 3.45. The van der Waals surface area contributed by atoms with Gasteiger partial charge >= 0.3 is 5.97 Å². The van der Waals surface area contributed by atoms with Gasteiger partial charge in [0.15, 0.2) is 0 Å². The monoisotopic (exact) mass is 156 g/mol. The van der Waals surface area contributed by atoms with Crippen molar-refractivity contribution >= 4 is 5.97 Å². The number of ether oxygens (including phenoxy) is 1. The summed E-state index contributed by atoms with van der Waals surface area (Å²) in [4.78, 5) is 10.8. The molecule has 0 spiro atoms. The van der Waals surface area contributed by atoms with E-state index in [9.17, 15) is 4.79 Å². The average Bonchev–Trinajstić information content (AvgIpc) is 2.01. The largest absolute Gasteiger partial charge is 0.462 e. The van der Waals surface area contributed by atoms with E-state index >= 15 is 0 Å². The quantitative estimate of drug-likeness (QED) is 0.460. The molecule has 0 aromatic rings. The lowest BCUT2D eigenvalue weighted by Gasteiger charge is -2.06. The summed E-state index contributed by atoms with van der Waals surface area (Å²) < 4.78 is 4.91. The Bertz CT molecular complexity index is 138. The third-order valence-corrected chi connectivity index (χ3v) is 1.51. The molecule has 0 radical (unpaired) electrons. The number of rotatable bonds is 4. The van der Waals surface area contributed by atoms with Gasteiger partial charge in [-0.1, -0.05) is 26.3 Å². The molecule has 2 nitrogen and oxygen atoms in total. The Morgan fingerprint density at radius 1 is 1.64 bits per heavy atom. The highest BCUT2D eigenvalue weighted by Crippen LogP contribution is 2.00. The van der Waals surface area contributed by atoms with Crippen LogP contribution in [-0.4, -0.2) is 12.6 Å². The SMILES string of the molecule is C/C=C/C(=O)OC[C@@H](C)CC. The van der Waals surface area contributed by atoms with Crippen molar-refractivity contribution in [2.24, 2.45) is 5.92 Å². The molecule has 1 atom stereocenters. The fourth-order valence-corrected chi connectivity index (χ4v) is 0.526. The van der Waals surface area contributed by atoms with E-state index in [1.807, 2.05) is 0 Å². The van der Waals surface area contributed by atoms with Crippen LogP contribution in [0.3, 0.4) is 0 Å². The van der Waals surface area contributed by atoms with Gasteiger partial charge in [-0.15, -0.1) is 0 Å². The smallest absolute Gasteiger partial charge is 0.330 e. The van der Waals surface area contributed by atoms with E-state index in [1.165, 1.54) is 6.08 Å². The normalized spacial score (nSPS) is 13.4. The summed E-state index contributed by atoms with van der Waals surface area (Å²) in [6, 6.07) is 0. The maximum Gasteiger partial charge on any atom is 0.330 e. The lowest BCUT2D eigenvalue weighted by atomic mass is 10.1. The molecule has 0 N–H and O–H groups in total. The Kier molecular flexibility index (Phi) is 5.53. The Labute approximate surface area is 68.2 Å². The predicted octanol–water partition coefficient (Wildman–Crippen LogP) is 2.15. The number of allylic oxidation sites excluding steroid dienone is 1. The van der Waals surface area contributed by atoms with Gasteiger partial charge in [0, 0.05) is 6.08 Å². The maximum atomic E-state index is 10.8. The number of hydrogen-bond donors (Lipinski definition) is 0. The van der Waals surface area contributed by atoms with Crippen molar-refractivity contribution in [1.82, 2.24) is 0 Å². The van der Waals surface area contributed by atoms with Crippen molar-refractivity contribution in [3.63, 3.8) is 0 Å². The van der Waals surface area contributed by atoms with Gasteiger partial charge in [0.25, 0.3) is 0 Å². The molecule has 0 aromatic carbocycles. The first-order valence-corrected chi connectivity index (χ1v) is 4.00. The Hall–Kier alpha value is -0.790. The highest BCUT2D eigenvalue weighted by Gasteiger charge is 2.01. The molecule has 0 fully saturated rings. The zero-order valence-corrected chi connectivity index (χ0v) is 7.46. The zero-order chi connectivity index (χ0) is 8.69. The van der Waals surface area contributed by atoms with Gasteiger partial charge in [0.05, 0.1) is 6.61 Å². The van der Waals surface area contributed by atoms with E-state index in [0.717, 1.165) is 6.42 Å². The van der Waals surface area contributed by atoms with Crippen LogP contribution in [0.25, 0.3) is 0 Å². The van der Waals surface area contributed by atoms with Crippen molar-refractivity contribution in [3.05, 3.63) is 12.2 Å². The van der Waals surface area contributed by atoms with Crippen molar-refractivity contribution in [3.8, 4) is 0 Å². The Morgan fingerprint density at radius 2 is 2.27 bits per heavy atom. The number of carbonyl (C=O) groups is 1. The first-order valence-electron chi connectivity index (χ1n) is 4.00. The Morgan fingerprint density at radius 3 is 2.73 bits per heavy atom. The second kappa shape index (κ2) is 5.96. The van der Waals surface area contributed by atoms with E-state index < -0.39 is 0 Å². The second-order valence-electron chi connectivity index (χ2n) is 2.64. The van der Waals surface area contributed by atoms with Crippen molar-refractivity contribution in [2.75, 3.05) is 6.61 Å². The molecular weight excluding hydrogens is 140 g/mol. The van der Waals surface area contributed by atoms with Crippen molar-refractivity contribution in [2.45, 2.75) is 27.2 Å². The molecule has 0 saturated carbocycles. The summed E-state index contributed by atoms with van der Waals surface area (Å²) in [5, 5.41) is 0. The van der Waals surface area contributed by atoms with Crippen LogP contribution in [0.2, 0.25) is 0 Å². The van der Waals surface area contributed by atoms with E-state index in [-0.39, 0.29) is 5.97 Å². The van der Waals surface area contributed by atoms with E-state index in [4.69, 9.17) is 4.74 Å². The standard InChI is InChI=1S/C9H16O2/c1-4-6-9(10)11-7-8(3)5-2/h4,6,8H,5,7H2,1-3H3/b6-4+/t8-/m0/s1. The third-order valence-electron chi connectivity index (χ3n) is 1.51. The van der Waals surface area contributed by atoms with Gasteiger partial charge in [-0.25, -0.2) is 4.79 Å². The minimum Gasteiger partial charge on any atom is -0.462 e. The molecule has 0 aliphatic rings. The minimum atomic E-state index is -0.243. The molecule has 0 aromatic heterocycles. The molecule has 0 aliphatic heterocycles. The van der Waals surface area contributed by atoms with Gasteiger partial charge in [0.1, 0.15) is 0 Å². The summed E-state index contributed by atoms with van der Waals surface area (Å²) >= 11 is 0. The van der Waals surface area contributed by atoms with E-state index in [1.54, 1.807) is 13.0 Å². The fourth-order valence-electron chi connectivity index (χ4n) is 0.526. The fraction of sp³-hybridized carbons (Fsp3) is 0.667. The molecule has 0 amide bonds. The van der Waals surface area contributed by atoms with Gasteiger partial charge < -0.3 is 4.74 Å². The van der Waals surface area contributed by atoms with Gasteiger partial charge in [-0.3, -0.25) is 0 Å². The number of hydrogen-bond acceptors (Lipinski definition) is 2. The zero-order valence-electron chi connectivity index (χ0n) is 7.46. The lowest BCUT2D eigenvalue weighted by molar-refractivity contribution is -0.138. The van der Waals surface area contributed by atoms with Crippen molar-refractivity contribution in [1.29, 1.82) is 0 Å². The summed E-state index contributed by atoms with van der Waals surface area (Å²) in [5.41, 5.74) is 0. The van der Waals surface area contributed by atoms with Crippen LogP contribution in [0.5, 0.6) is 0 Å². The predicted molar refractivity (Wildman–Crippen MR) is 45.2 cm³/mol. The molecular formula is C9H16O2. The molecule has 0 saturated heterocycles. The average molecular weight is 156 g/mol. The van der Waals surface area contributed by atoms with Crippen LogP contribution in [0, 0.1) is 5.92 Å². The van der Waals surface area contributed by atoms with Gasteiger partial charge in [-0.05, 0) is 12.8 Å². The van der Waals surface area contributed by atoms with Gasteiger partial charge in [0.2, 0.25) is 0 Å². The maximum absolute atomic E-state index is 10.8. The molecule has 0 bridgehead atoms. The van der Waals surface area contributed by atoms with Crippen LogP contribution in [0.1, 0.15) is 27.2 Å². The number of carbonyl (C=O) groups excluding carboxylic acids is 1. The molecule has 64 valence electrons. The summed E-state index contributed by atoms with van der Waals surface area (Å²) in [6.45, 7) is 6.46. The molecule has 0 rings (SSSR count). The van der Waals surface area contributed by atoms with Crippen LogP contribution in [-0.2, 0) is 9.53 Å². The van der Waals surface area contributed by atoms with Gasteiger partial charge in [-0.2, -0.15) is 0 Å². The third kappa shape index (κ3) is 5.64. The highest BCUT2D eigenvalue weighted by molar-refractivity contribution is 5.81. The van der Waals surface area contributed by atoms with Crippen LogP contribution in [0.15, 0.2) is 12.2 Å². The number of esters is 1. The van der Waals surface area contributed by atoms with Crippen LogP contribution < -0.4 is 0 Å². The summed E-state index contributed by atoms with van der Waals surface area (Å²) in [7, 11) is 0. The minimum absolute atomic E-state index is 0.243. The lowest BCUT2D eigenvalue weighted by Crippen LogP contribution is -2.08. The highest BCUT2D eigenvalue weighted by atomic mass is 16.5. The van der Waals surface area contributed by atoms with E-state index in [2.05, 4.69) is 13.8 Å². The molecule has 2 heteroatoms. The molecule has 0 heterocycles. The summed E-state index contributed by atoms with van der Waals surface area (Å²) in [5.74, 6) is 0.219. The molecule has 0 aliphatic carbocycles. The van der Waals surface area contributed by atoms with E-state index in [0.29, 0.717) is 12.5 Å². The molecule has 0 unspecified atom stereocenters.